The van der Waals surface area contributed by atoms with Gasteiger partial charge in [0.25, 0.3) is 0 Å². The molecule has 3 amide bonds. The number of nitrogens with one attached hydrogen (secondary N) is 1. The van der Waals surface area contributed by atoms with Crippen molar-refractivity contribution in [3.05, 3.63) is 154 Å². The fraction of sp³-hybridized carbons (Fsp3) is 0.306. The largest absolute Gasteiger partial charge is 0.340 e. The molecule has 1 aliphatic rings. The highest BCUT2D eigenvalue weighted by molar-refractivity contribution is 8.11. The average Bonchev–Trinajstić information content (AvgIpc) is 4.01. The highest BCUT2D eigenvalue weighted by Crippen LogP contribution is 2.36. The molecule has 0 spiro atoms. The number of carbonyl (C=O) groups excluding carboxylic acids is 3. The van der Waals surface area contributed by atoms with Crippen molar-refractivity contribution in [1.82, 2.24) is 20.1 Å². The number of allylic oxidation sites excluding steroid dienone is 1. The Balaban J connectivity index is 1.07. The zero-order valence-corrected chi connectivity index (χ0v) is 35.5. The van der Waals surface area contributed by atoms with Crippen LogP contribution in [-0.2, 0) is 27.3 Å². The van der Waals surface area contributed by atoms with Gasteiger partial charge in [0.1, 0.15) is 11.0 Å². The van der Waals surface area contributed by atoms with E-state index >= 15 is 0 Å². The van der Waals surface area contributed by atoms with Crippen LogP contribution < -0.4 is 5.32 Å². The summed E-state index contributed by atoms with van der Waals surface area (Å²) < 4.78 is 0. The van der Waals surface area contributed by atoms with Crippen molar-refractivity contribution in [3.8, 4) is 22.4 Å². The number of unbranched alkanes of at least 4 members (excludes halogenated alkanes) is 1. The van der Waals surface area contributed by atoms with Gasteiger partial charge in [-0.25, -0.2) is 4.98 Å². The molecule has 58 heavy (non-hydrogen) atoms. The summed E-state index contributed by atoms with van der Waals surface area (Å²) in [5.74, 6) is -0.0244. The molecule has 5 aromatic rings. The number of thiazole rings is 1. The van der Waals surface area contributed by atoms with Crippen molar-refractivity contribution >= 4 is 45.7 Å². The number of aromatic nitrogens is 1. The molecular weight excluding hydrogens is 757 g/mol. The van der Waals surface area contributed by atoms with Crippen LogP contribution in [0.1, 0.15) is 80.6 Å². The molecule has 9 heteroatoms. The standard InChI is InChI=1S/C49H54N4O3S2/c1-5-8-30-53(49(56)47(41-17-13-10-14-18-41)51-48(55)42-27-28-42)32-35(4)58-44(7-3)40-25-21-38(22-26-40)37-19-23-39(24-20-37)43-34-57-45(50-43)33-52(29-6-2)46(54)31-36-15-11-9-12-16-36/h7,9-26,34,42,47H,4-6,8,27-33H2,1-3H3,(H,51,55). The lowest BCUT2D eigenvalue weighted by atomic mass is 10.0. The van der Waals surface area contributed by atoms with E-state index in [1.54, 1.807) is 23.1 Å². The summed E-state index contributed by atoms with van der Waals surface area (Å²) in [5, 5.41) is 6.06. The molecule has 1 saturated carbocycles. The quantitative estimate of drug-likeness (QED) is 0.0846. The predicted octanol–water partition coefficient (Wildman–Crippen LogP) is 11.0. The third-order valence-corrected chi connectivity index (χ3v) is 12.1. The molecule has 0 aliphatic heterocycles. The summed E-state index contributed by atoms with van der Waals surface area (Å²) in [6.07, 6.45) is 6.94. The van der Waals surface area contributed by atoms with E-state index < -0.39 is 6.04 Å². The Morgan fingerprint density at radius 3 is 2.10 bits per heavy atom. The third-order valence-electron chi connectivity index (χ3n) is 10.2. The zero-order chi connectivity index (χ0) is 40.9. The molecule has 1 aliphatic carbocycles. The third kappa shape index (κ3) is 11.7. The molecule has 0 radical (unpaired) electrons. The Hall–Kier alpha value is -5.25. The van der Waals surface area contributed by atoms with Crippen molar-refractivity contribution in [3.63, 3.8) is 0 Å². The molecule has 1 unspecified atom stereocenters. The molecule has 300 valence electrons. The SMILES string of the molecule is C=C(CN(CCCC)C(=O)C(NC(=O)C1CC1)c1ccccc1)SC(=CC)c1ccc(-c2ccc(-c3csc(CN(CCC)C(=O)Cc4ccccc4)n3)cc2)cc1. The van der Waals surface area contributed by atoms with Gasteiger partial charge in [0, 0.05) is 39.8 Å². The second kappa shape index (κ2) is 21.0. The minimum Gasteiger partial charge on any atom is -0.340 e. The number of hydrogen-bond acceptors (Lipinski definition) is 6. The van der Waals surface area contributed by atoms with Crippen LogP contribution in [0, 0.1) is 5.92 Å². The molecule has 0 bridgehead atoms. The Bertz CT molecular complexity index is 2160. The van der Waals surface area contributed by atoms with E-state index in [1.165, 1.54) is 0 Å². The number of benzene rings is 4. The van der Waals surface area contributed by atoms with Gasteiger partial charge in [-0.05, 0) is 60.4 Å². The second-order valence-corrected chi connectivity index (χ2v) is 17.0. The Labute approximate surface area is 352 Å². The van der Waals surface area contributed by atoms with E-state index in [0.717, 1.165) is 86.0 Å². The van der Waals surface area contributed by atoms with Crippen LogP contribution in [0.25, 0.3) is 27.3 Å². The molecule has 1 atom stereocenters. The predicted molar refractivity (Wildman–Crippen MR) is 241 cm³/mol. The van der Waals surface area contributed by atoms with E-state index in [2.05, 4.69) is 85.7 Å². The van der Waals surface area contributed by atoms with Crippen LogP contribution in [0.15, 0.2) is 132 Å². The van der Waals surface area contributed by atoms with Gasteiger partial charge in [-0.2, -0.15) is 0 Å². The van der Waals surface area contributed by atoms with Gasteiger partial charge in [-0.15, -0.1) is 11.3 Å². The van der Waals surface area contributed by atoms with Gasteiger partial charge in [0.05, 0.1) is 25.2 Å². The first-order valence-electron chi connectivity index (χ1n) is 20.4. The number of nitrogens with zero attached hydrogens (tertiary/aromatic N) is 3. The first kappa shape index (κ1) is 42.4. The van der Waals surface area contributed by atoms with Crippen LogP contribution >= 0.6 is 23.1 Å². The van der Waals surface area contributed by atoms with Crippen molar-refractivity contribution < 1.29 is 14.4 Å². The Morgan fingerprint density at radius 2 is 1.48 bits per heavy atom. The number of carbonyl (C=O) groups is 3. The number of amides is 3. The van der Waals surface area contributed by atoms with E-state index in [-0.39, 0.29) is 23.6 Å². The van der Waals surface area contributed by atoms with E-state index in [9.17, 15) is 14.4 Å². The van der Waals surface area contributed by atoms with Gasteiger partial charge in [0.15, 0.2) is 0 Å². The van der Waals surface area contributed by atoms with E-state index in [4.69, 9.17) is 4.98 Å². The fourth-order valence-corrected chi connectivity index (χ4v) is 8.53. The summed E-state index contributed by atoms with van der Waals surface area (Å²) in [5.41, 5.74) is 7.06. The Kier molecular flexibility index (Phi) is 15.3. The Morgan fingerprint density at radius 1 is 0.845 bits per heavy atom. The maximum atomic E-state index is 14.1. The van der Waals surface area contributed by atoms with Crippen LogP contribution in [0.4, 0.5) is 0 Å². The molecule has 1 aromatic heterocycles. The lowest BCUT2D eigenvalue weighted by Gasteiger charge is -2.29. The number of thioether (sulfide) groups is 1. The summed E-state index contributed by atoms with van der Waals surface area (Å²) in [7, 11) is 0. The zero-order valence-electron chi connectivity index (χ0n) is 33.9. The van der Waals surface area contributed by atoms with E-state index in [1.807, 2.05) is 77.4 Å². The molecule has 4 aromatic carbocycles. The van der Waals surface area contributed by atoms with E-state index in [0.29, 0.717) is 32.6 Å². The highest BCUT2D eigenvalue weighted by Gasteiger charge is 2.34. The van der Waals surface area contributed by atoms with Crippen LogP contribution in [0.5, 0.6) is 0 Å². The maximum Gasteiger partial charge on any atom is 0.250 e. The van der Waals surface area contributed by atoms with Gasteiger partial charge in [-0.1, -0.05) is 154 Å². The van der Waals surface area contributed by atoms with Crippen molar-refractivity contribution in [1.29, 1.82) is 0 Å². The second-order valence-electron chi connectivity index (χ2n) is 14.8. The normalized spacial score (nSPS) is 13.1. The molecule has 6 rings (SSSR count). The number of rotatable bonds is 20. The molecule has 0 saturated heterocycles. The minimum atomic E-state index is -0.727. The van der Waals surface area contributed by atoms with Gasteiger partial charge in [0.2, 0.25) is 17.7 Å². The van der Waals surface area contributed by atoms with Crippen LogP contribution in [0.3, 0.4) is 0 Å². The number of hydrogen-bond donors (Lipinski definition) is 1. The minimum absolute atomic E-state index is 0.00613. The summed E-state index contributed by atoms with van der Waals surface area (Å²) in [6.45, 7) is 12.8. The summed E-state index contributed by atoms with van der Waals surface area (Å²) in [6, 6.07) is 35.7. The van der Waals surface area contributed by atoms with Crippen molar-refractivity contribution in [2.75, 3.05) is 19.6 Å². The smallest absolute Gasteiger partial charge is 0.250 e. The summed E-state index contributed by atoms with van der Waals surface area (Å²) >= 11 is 3.18. The molecule has 1 fully saturated rings. The topological polar surface area (TPSA) is 82.6 Å². The summed E-state index contributed by atoms with van der Waals surface area (Å²) in [4.78, 5) is 50.7. The lowest BCUT2D eigenvalue weighted by molar-refractivity contribution is -0.136. The van der Waals surface area contributed by atoms with Crippen LogP contribution in [0.2, 0.25) is 0 Å². The van der Waals surface area contributed by atoms with Crippen molar-refractivity contribution in [2.24, 2.45) is 5.92 Å². The van der Waals surface area contributed by atoms with Gasteiger partial charge in [-0.3, -0.25) is 14.4 Å². The molecule has 7 nitrogen and oxygen atoms in total. The first-order valence-corrected chi connectivity index (χ1v) is 22.1. The van der Waals surface area contributed by atoms with Gasteiger partial charge >= 0.3 is 0 Å². The maximum absolute atomic E-state index is 14.1. The molecule has 1 N–H and O–H groups in total. The first-order chi connectivity index (χ1) is 28.3. The lowest BCUT2D eigenvalue weighted by Crippen LogP contribution is -2.44. The van der Waals surface area contributed by atoms with Crippen LogP contribution in [-0.4, -0.2) is 52.1 Å². The molecule has 1 heterocycles. The monoisotopic (exact) mass is 810 g/mol. The van der Waals surface area contributed by atoms with Gasteiger partial charge < -0.3 is 15.1 Å². The van der Waals surface area contributed by atoms with Crippen molar-refractivity contribution in [2.45, 2.75) is 71.9 Å². The molecular formula is C49H54N4O3S2. The fourth-order valence-electron chi connectivity index (χ4n) is 6.81. The average molecular weight is 811 g/mol. The highest BCUT2D eigenvalue weighted by atomic mass is 32.2.